The monoisotopic (exact) mass is 324 g/mol. The summed E-state index contributed by atoms with van der Waals surface area (Å²) in [5, 5.41) is 2.88. The number of rotatable bonds is 3. The number of sulfonamides is 1. The fourth-order valence-electron chi connectivity index (χ4n) is 1.96. The average molecular weight is 325 g/mol. The second-order valence-electron chi connectivity index (χ2n) is 4.28. The highest BCUT2D eigenvalue weighted by molar-refractivity contribution is 7.89. The predicted molar refractivity (Wildman–Crippen MR) is 73.5 cm³/mol. The Morgan fingerprint density at radius 1 is 1.50 bits per heavy atom. The first-order chi connectivity index (χ1) is 8.96. The molecule has 1 unspecified atom stereocenters. The van der Waals surface area contributed by atoms with Gasteiger partial charge in [0.2, 0.25) is 10.9 Å². The molecule has 0 bridgehead atoms. The van der Waals surface area contributed by atoms with Crippen LogP contribution >= 0.6 is 12.4 Å². The fraction of sp³-hybridized carbons (Fsp3) is 0.545. The van der Waals surface area contributed by atoms with E-state index in [0.717, 1.165) is 0 Å². The van der Waals surface area contributed by atoms with Crippen LogP contribution in [0.3, 0.4) is 0 Å². The van der Waals surface area contributed by atoms with Crippen molar-refractivity contribution < 1.29 is 22.4 Å². The van der Waals surface area contributed by atoms with Gasteiger partial charge in [-0.1, -0.05) is 0 Å². The third kappa shape index (κ3) is 3.14. The van der Waals surface area contributed by atoms with Crippen LogP contribution in [-0.2, 0) is 14.8 Å². The van der Waals surface area contributed by atoms with Gasteiger partial charge in [-0.25, -0.2) is 13.2 Å². The normalized spacial score (nSPS) is 20.2. The molecule has 114 valence electrons. The van der Waals surface area contributed by atoms with Crippen LogP contribution in [0, 0.1) is 0 Å². The molecule has 0 radical (unpaired) electrons. The summed E-state index contributed by atoms with van der Waals surface area (Å²) in [7, 11) is -2.51. The number of esters is 1. The van der Waals surface area contributed by atoms with E-state index in [0.29, 0.717) is 19.6 Å². The van der Waals surface area contributed by atoms with Crippen molar-refractivity contribution in [3.05, 3.63) is 17.9 Å². The SMILES string of the molecule is COC(=O)c1ccc(S(=O)(=O)N2CCNCC2C)o1.Cl. The first kappa shape index (κ1) is 17.0. The number of halogens is 1. The summed E-state index contributed by atoms with van der Waals surface area (Å²) in [4.78, 5) is 11.3. The lowest BCUT2D eigenvalue weighted by molar-refractivity contribution is 0.0558. The van der Waals surface area contributed by atoms with E-state index >= 15 is 0 Å². The molecule has 1 saturated heterocycles. The standard InChI is InChI=1S/C11H16N2O5S.ClH/c1-8-7-12-5-6-13(8)19(15,16)10-4-3-9(18-10)11(14)17-2;/h3-4,8,12H,5-7H2,1-2H3;1H. The molecule has 2 heterocycles. The molecule has 1 atom stereocenters. The minimum atomic E-state index is -3.71. The van der Waals surface area contributed by atoms with Crippen molar-refractivity contribution in [3.63, 3.8) is 0 Å². The molecule has 1 aromatic rings. The van der Waals surface area contributed by atoms with Gasteiger partial charge in [-0.2, -0.15) is 4.31 Å². The van der Waals surface area contributed by atoms with Gasteiger partial charge in [0.1, 0.15) is 0 Å². The van der Waals surface area contributed by atoms with Crippen LogP contribution in [0.25, 0.3) is 0 Å². The van der Waals surface area contributed by atoms with E-state index in [9.17, 15) is 13.2 Å². The zero-order valence-corrected chi connectivity index (χ0v) is 12.8. The summed E-state index contributed by atoms with van der Waals surface area (Å²) < 4.78 is 35.7. The summed E-state index contributed by atoms with van der Waals surface area (Å²) in [5.41, 5.74) is 0. The smallest absolute Gasteiger partial charge is 0.374 e. The van der Waals surface area contributed by atoms with E-state index in [-0.39, 0.29) is 29.3 Å². The number of nitrogens with one attached hydrogen (secondary N) is 1. The Morgan fingerprint density at radius 2 is 2.20 bits per heavy atom. The zero-order valence-electron chi connectivity index (χ0n) is 11.2. The van der Waals surface area contributed by atoms with Crippen molar-refractivity contribution in [1.82, 2.24) is 9.62 Å². The zero-order chi connectivity index (χ0) is 14.0. The van der Waals surface area contributed by atoms with Crippen molar-refractivity contribution in [1.29, 1.82) is 0 Å². The van der Waals surface area contributed by atoms with Crippen LogP contribution < -0.4 is 5.32 Å². The van der Waals surface area contributed by atoms with Gasteiger partial charge in [0.05, 0.1) is 7.11 Å². The van der Waals surface area contributed by atoms with Gasteiger partial charge in [0, 0.05) is 25.7 Å². The van der Waals surface area contributed by atoms with E-state index in [1.54, 1.807) is 0 Å². The fourth-order valence-corrected chi connectivity index (χ4v) is 3.51. The largest absolute Gasteiger partial charge is 0.463 e. The Morgan fingerprint density at radius 3 is 2.80 bits per heavy atom. The summed E-state index contributed by atoms with van der Waals surface area (Å²) in [5.74, 6) is -0.821. The molecule has 1 N–H and O–H groups in total. The quantitative estimate of drug-likeness (QED) is 0.813. The number of piperazine rings is 1. The van der Waals surface area contributed by atoms with Crippen LogP contribution in [0.4, 0.5) is 0 Å². The van der Waals surface area contributed by atoms with E-state index in [2.05, 4.69) is 10.1 Å². The number of methoxy groups -OCH3 is 1. The van der Waals surface area contributed by atoms with Crippen molar-refractivity contribution in [2.75, 3.05) is 26.7 Å². The van der Waals surface area contributed by atoms with Crippen LogP contribution in [0.2, 0.25) is 0 Å². The topological polar surface area (TPSA) is 88.9 Å². The molecule has 9 heteroatoms. The minimum Gasteiger partial charge on any atom is -0.463 e. The van der Waals surface area contributed by atoms with Gasteiger partial charge >= 0.3 is 5.97 Å². The lowest BCUT2D eigenvalue weighted by Gasteiger charge is -2.31. The van der Waals surface area contributed by atoms with E-state index < -0.39 is 16.0 Å². The molecule has 1 aromatic heterocycles. The first-order valence-corrected chi connectivity index (χ1v) is 7.31. The van der Waals surface area contributed by atoms with Gasteiger partial charge in [-0.3, -0.25) is 0 Å². The highest BCUT2D eigenvalue weighted by atomic mass is 35.5. The van der Waals surface area contributed by atoms with Crippen molar-refractivity contribution in [3.8, 4) is 0 Å². The number of hydrogen-bond acceptors (Lipinski definition) is 6. The van der Waals surface area contributed by atoms with E-state index in [4.69, 9.17) is 4.42 Å². The Kier molecular flexibility index (Phi) is 5.58. The van der Waals surface area contributed by atoms with Crippen molar-refractivity contribution in [2.24, 2.45) is 0 Å². The van der Waals surface area contributed by atoms with Crippen LogP contribution in [0.5, 0.6) is 0 Å². The number of ether oxygens (including phenoxy) is 1. The molecule has 1 aliphatic heterocycles. The Hall–Kier alpha value is -1.09. The summed E-state index contributed by atoms with van der Waals surface area (Å²) in [6.45, 7) is 3.36. The van der Waals surface area contributed by atoms with E-state index in [1.165, 1.54) is 23.5 Å². The third-order valence-corrected chi connectivity index (χ3v) is 4.86. The predicted octanol–water partition coefficient (Wildman–Crippen LogP) is 0.470. The van der Waals surface area contributed by atoms with E-state index in [1.807, 2.05) is 6.92 Å². The Balaban J connectivity index is 0.00000200. The molecule has 0 amide bonds. The van der Waals surface area contributed by atoms with Gasteiger partial charge in [0.25, 0.3) is 10.0 Å². The molecule has 0 aliphatic carbocycles. The molecule has 7 nitrogen and oxygen atoms in total. The molecule has 0 saturated carbocycles. The number of nitrogens with zero attached hydrogens (tertiary/aromatic N) is 1. The first-order valence-electron chi connectivity index (χ1n) is 5.87. The maximum Gasteiger partial charge on any atom is 0.374 e. The van der Waals surface area contributed by atoms with Gasteiger partial charge in [-0.15, -0.1) is 12.4 Å². The van der Waals surface area contributed by atoms with Crippen molar-refractivity contribution >= 4 is 28.4 Å². The van der Waals surface area contributed by atoms with Gasteiger partial charge in [0.15, 0.2) is 0 Å². The molecule has 0 spiro atoms. The molecule has 1 aliphatic rings. The van der Waals surface area contributed by atoms with Crippen molar-refractivity contribution in [2.45, 2.75) is 18.1 Å². The van der Waals surface area contributed by atoms with Crippen LogP contribution in [-0.4, -0.2) is 51.5 Å². The summed E-state index contributed by atoms with van der Waals surface area (Å²) >= 11 is 0. The molecule has 2 rings (SSSR count). The molecule has 0 aromatic carbocycles. The van der Waals surface area contributed by atoms with Crippen LogP contribution in [0.1, 0.15) is 17.5 Å². The summed E-state index contributed by atoms with van der Waals surface area (Å²) in [6, 6.07) is 2.41. The van der Waals surface area contributed by atoms with Gasteiger partial charge in [-0.05, 0) is 19.1 Å². The molecular formula is C11H17ClN2O5S. The maximum atomic E-state index is 12.4. The number of carbonyl (C=O) groups is 1. The third-order valence-electron chi connectivity index (χ3n) is 2.97. The van der Waals surface area contributed by atoms with Crippen LogP contribution in [0.15, 0.2) is 21.6 Å². The Labute approximate surface area is 123 Å². The minimum absolute atomic E-state index is 0. The van der Waals surface area contributed by atoms with Gasteiger partial charge < -0.3 is 14.5 Å². The highest BCUT2D eigenvalue weighted by Gasteiger charge is 2.33. The maximum absolute atomic E-state index is 12.4. The second-order valence-corrected chi connectivity index (χ2v) is 6.10. The average Bonchev–Trinajstić information content (AvgIpc) is 2.88. The lowest BCUT2D eigenvalue weighted by Crippen LogP contribution is -2.52. The lowest BCUT2D eigenvalue weighted by atomic mass is 10.3. The molecular weight excluding hydrogens is 308 g/mol. The Bertz CT molecular complexity index is 571. The highest BCUT2D eigenvalue weighted by Crippen LogP contribution is 2.21. The molecule has 20 heavy (non-hydrogen) atoms. The number of carbonyl (C=O) groups excluding carboxylic acids is 1. The second kappa shape index (κ2) is 6.57. The number of furan rings is 1. The summed E-state index contributed by atoms with van der Waals surface area (Å²) in [6.07, 6.45) is 0. The molecule has 1 fully saturated rings. The number of hydrogen-bond donors (Lipinski definition) is 1.